The van der Waals surface area contributed by atoms with E-state index in [4.69, 9.17) is 10.5 Å². The third kappa shape index (κ3) is 3.24. The van der Waals surface area contributed by atoms with E-state index in [2.05, 4.69) is 0 Å². The molecule has 2 nitrogen and oxygen atoms in total. The van der Waals surface area contributed by atoms with Crippen LogP contribution in [0.5, 0.6) is 5.75 Å². The maximum Gasteiger partial charge on any atom is 0.119 e. The Morgan fingerprint density at radius 2 is 1.62 bits per heavy atom. The van der Waals surface area contributed by atoms with Gasteiger partial charge in [0.2, 0.25) is 0 Å². The molecule has 0 heterocycles. The largest absolute Gasteiger partial charge is 0.489 e. The predicted octanol–water partition coefficient (Wildman–Crippen LogP) is 3.12. The molecule has 0 bridgehead atoms. The molecule has 16 heavy (non-hydrogen) atoms. The smallest absolute Gasteiger partial charge is 0.119 e. The fraction of sp³-hybridized carbons (Fsp3) is 0.571. The summed E-state index contributed by atoms with van der Waals surface area (Å²) < 4.78 is 5.98. The summed E-state index contributed by atoms with van der Waals surface area (Å²) in [6.45, 7) is 0. The van der Waals surface area contributed by atoms with Gasteiger partial charge in [-0.15, -0.1) is 0 Å². The standard InChI is InChI=1S/C14H21NO/c15-13-10-6-1-2-7-11-14(13)16-12-8-4-3-5-9-12/h3-5,8-9,13-14H,1-2,6-7,10-11,15H2/t13-,14+/m0/s1. The van der Waals surface area contributed by atoms with Crippen LogP contribution in [0.1, 0.15) is 38.5 Å². The molecule has 2 heteroatoms. The third-order valence-electron chi connectivity index (χ3n) is 3.28. The van der Waals surface area contributed by atoms with Gasteiger partial charge in [-0.25, -0.2) is 0 Å². The molecule has 0 aliphatic heterocycles. The van der Waals surface area contributed by atoms with Gasteiger partial charge in [0.25, 0.3) is 0 Å². The quantitative estimate of drug-likeness (QED) is 0.829. The fourth-order valence-electron chi connectivity index (χ4n) is 2.30. The Morgan fingerprint density at radius 1 is 0.938 bits per heavy atom. The summed E-state index contributed by atoms with van der Waals surface area (Å²) in [5.74, 6) is 0.948. The van der Waals surface area contributed by atoms with Gasteiger partial charge in [-0.3, -0.25) is 0 Å². The van der Waals surface area contributed by atoms with Crippen molar-refractivity contribution in [2.45, 2.75) is 50.7 Å². The lowest BCUT2D eigenvalue weighted by Crippen LogP contribution is -2.39. The Morgan fingerprint density at radius 3 is 2.38 bits per heavy atom. The summed E-state index contributed by atoms with van der Waals surface area (Å²) in [5, 5.41) is 0. The second-order valence-corrected chi connectivity index (χ2v) is 4.62. The van der Waals surface area contributed by atoms with E-state index in [9.17, 15) is 0 Å². The van der Waals surface area contributed by atoms with Crippen LogP contribution in [0.15, 0.2) is 30.3 Å². The van der Waals surface area contributed by atoms with Crippen molar-refractivity contribution in [2.24, 2.45) is 5.73 Å². The van der Waals surface area contributed by atoms with E-state index in [0.717, 1.165) is 18.6 Å². The van der Waals surface area contributed by atoms with E-state index in [1.54, 1.807) is 0 Å². The average molecular weight is 219 g/mol. The van der Waals surface area contributed by atoms with E-state index in [0.29, 0.717) is 0 Å². The molecule has 1 aliphatic carbocycles. The van der Waals surface area contributed by atoms with Crippen LogP contribution in [0.3, 0.4) is 0 Å². The molecule has 88 valence electrons. The first-order valence-electron chi connectivity index (χ1n) is 6.33. The van der Waals surface area contributed by atoms with Crippen LogP contribution in [0, 0.1) is 0 Å². The minimum Gasteiger partial charge on any atom is -0.489 e. The molecule has 1 fully saturated rings. The zero-order valence-electron chi connectivity index (χ0n) is 9.77. The third-order valence-corrected chi connectivity index (χ3v) is 3.28. The number of benzene rings is 1. The first-order valence-corrected chi connectivity index (χ1v) is 6.33. The van der Waals surface area contributed by atoms with Crippen LogP contribution < -0.4 is 10.5 Å². The number of para-hydroxylation sites is 1. The van der Waals surface area contributed by atoms with Crippen molar-refractivity contribution in [2.75, 3.05) is 0 Å². The van der Waals surface area contributed by atoms with Gasteiger partial charge in [0.15, 0.2) is 0 Å². The van der Waals surface area contributed by atoms with Crippen molar-refractivity contribution >= 4 is 0 Å². The van der Waals surface area contributed by atoms with E-state index >= 15 is 0 Å². The van der Waals surface area contributed by atoms with Crippen molar-refractivity contribution < 1.29 is 4.74 Å². The van der Waals surface area contributed by atoms with Gasteiger partial charge in [-0.2, -0.15) is 0 Å². The molecule has 1 aliphatic rings. The van der Waals surface area contributed by atoms with Crippen LogP contribution in [-0.4, -0.2) is 12.1 Å². The average Bonchev–Trinajstić information content (AvgIpc) is 2.30. The van der Waals surface area contributed by atoms with Crippen LogP contribution in [0.4, 0.5) is 0 Å². The first-order chi connectivity index (χ1) is 7.86. The van der Waals surface area contributed by atoms with Crippen LogP contribution in [0.25, 0.3) is 0 Å². The van der Waals surface area contributed by atoms with Crippen LogP contribution >= 0.6 is 0 Å². The van der Waals surface area contributed by atoms with Gasteiger partial charge in [0, 0.05) is 6.04 Å². The van der Waals surface area contributed by atoms with Gasteiger partial charge in [-0.05, 0) is 31.4 Å². The molecule has 1 aromatic rings. The van der Waals surface area contributed by atoms with Crippen molar-refractivity contribution in [1.29, 1.82) is 0 Å². The Labute approximate surface area is 97.8 Å². The fourth-order valence-corrected chi connectivity index (χ4v) is 2.30. The molecule has 0 saturated heterocycles. The lowest BCUT2D eigenvalue weighted by molar-refractivity contribution is 0.145. The van der Waals surface area contributed by atoms with E-state index in [1.165, 1.54) is 25.7 Å². The number of hydrogen-bond donors (Lipinski definition) is 1. The first kappa shape index (κ1) is 11.5. The molecule has 1 saturated carbocycles. The van der Waals surface area contributed by atoms with Crippen molar-refractivity contribution in [1.82, 2.24) is 0 Å². The highest BCUT2D eigenvalue weighted by Gasteiger charge is 2.20. The zero-order chi connectivity index (χ0) is 11.2. The van der Waals surface area contributed by atoms with Gasteiger partial charge in [0.05, 0.1) is 0 Å². The Kier molecular flexibility index (Phi) is 4.23. The molecule has 2 rings (SSSR count). The molecule has 1 aromatic carbocycles. The summed E-state index contributed by atoms with van der Waals surface area (Å²) in [4.78, 5) is 0. The van der Waals surface area contributed by atoms with Gasteiger partial charge < -0.3 is 10.5 Å². The lowest BCUT2D eigenvalue weighted by atomic mass is 9.95. The van der Waals surface area contributed by atoms with Crippen LogP contribution in [0.2, 0.25) is 0 Å². The van der Waals surface area contributed by atoms with Crippen molar-refractivity contribution in [3.05, 3.63) is 30.3 Å². The van der Waals surface area contributed by atoms with E-state index in [-0.39, 0.29) is 12.1 Å². The predicted molar refractivity (Wildman–Crippen MR) is 66.5 cm³/mol. The number of rotatable bonds is 2. The topological polar surface area (TPSA) is 35.2 Å². The number of ether oxygens (including phenoxy) is 1. The lowest BCUT2D eigenvalue weighted by Gasteiger charge is -2.27. The summed E-state index contributed by atoms with van der Waals surface area (Å²) in [5.41, 5.74) is 6.17. The van der Waals surface area contributed by atoms with Crippen LogP contribution in [-0.2, 0) is 0 Å². The van der Waals surface area contributed by atoms with Gasteiger partial charge >= 0.3 is 0 Å². The summed E-state index contributed by atoms with van der Waals surface area (Å²) in [6, 6.07) is 10.2. The molecule has 0 spiro atoms. The molecular weight excluding hydrogens is 198 g/mol. The molecular formula is C14H21NO. The van der Waals surface area contributed by atoms with Gasteiger partial charge in [-0.1, -0.05) is 37.5 Å². The normalized spacial score (nSPS) is 26.8. The summed E-state index contributed by atoms with van der Waals surface area (Å²) >= 11 is 0. The highest BCUT2D eigenvalue weighted by Crippen LogP contribution is 2.21. The monoisotopic (exact) mass is 219 g/mol. The maximum absolute atomic E-state index is 6.17. The van der Waals surface area contributed by atoms with Crippen molar-refractivity contribution in [3.63, 3.8) is 0 Å². The second-order valence-electron chi connectivity index (χ2n) is 4.62. The molecule has 0 unspecified atom stereocenters. The SMILES string of the molecule is N[C@H]1CCCCCC[C@H]1Oc1ccccc1. The molecule has 0 amide bonds. The molecule has 2 atom stereocenters. The van der Waals surface area contributed by atoms with Gasteiger partial charge in [0.1, 0.15) is 11.9 Å². The minimum absolute atomic E-state index is 0.195. The van der Waals surface area contributed by atoms with E-state index in [1.807, 2.05) is 30.3 Å². The highest BCUT2D eigenvalue weighted by atomic mass is 16.5. The summed E-state index contributed by atoms with van der Waals surface area (Å²) in [7, 11) is 0. The molecule has 2 N–H and O–H groups in total. The molecule has 0 radical (unpaired) electrons. The molecule has 0 aromatic heterocycles. The van der Waals surface area contributed by atoms with E-state index < -0.39 is 0 Å². The minimum atomic E-state index is 0.195. The Balaban J connectivity index is 1.95. The Bertz CT molecular complexity index is 299. The number of hydrogen-bond acceptors (Lipinski definition) is 2. The van der Waals surface area contributed by atoms with Crippen molar-refractivity contribution in [3.8, 4) is 5.75 Å². The summed E-state index contributed by atoms with van der Waals surface area (Å²) in [6.07, 6.45) is 7.52. The maximum atomic E-state index is 6.17. The Hall–Kier alpha value is -1.02. The number of nitrogens with two attached hydrogens (primary N) is 1. The zero-order valence-corrected chi connectivity index (χ0v) is 9.77. The highest BCUT2D eigenvalue weighted by molar-refractivity contribution is 5.21. The second kappa shape index (κ2) is 5.90.